The van der Waals surface area contributed by atoms with Gasteiger partial charge in [-0.25, -0.2) is 4.39 Å². The molecule has 0 unspecified atom stereocenters. The maximum Gasteiger partial charge on any atom is 0.142 e. The van der Waals surface area contributed by atoms with Crippen molar-refractivity contribution >= 4 is 17.4 Å². The Morgan fingerprint density at radius 1 is 1.44 bits per heavy atom. The van der Waals surface area contributed by atoms with Crippen molar-refractivity contribution in [2.75, 3.05) is 5.73 Å². The summed E-state index contributed by atoms with van der Waals surface area (Å²) in [6.45, 7) is 1.85. The number of hydrogen-bond donors (Lipinski definition) is 1. The van der Waals surface area contributed by atoms with Gasteiger partial charge in [0, 0.05) is 18.2 Å². The van der Waals surface area contributed by atoms with Gasteiger partial charge in [-0.05, 0) is 19.1 Å². The first-order valence-corrected chi connectivity index (χ1v) is 5.13. The van der Waals surface area contributed by atoms with E-state index in [0.717, 1.165) is 5.56 Å². The summed E-state index contributed by atoms with van der Waals surface area (Å²) in [5.74, 6) is 0.119. The average molecular weight is 240 g/mol. The molecule has 0 spiro atoms. The smallest absolute Gasteiger partial charge is 0.142 e. The van der Waals surface area contributed by atoms with E-state index in [1.807, 2.05) is 6.92 Å². The highest BCUT2D eigenvalue weighted by Gasteiger charge is 2.12. The Bertz CT molecular complexity index is 548. The largest absolute Gasteiger partial charge is 0.384 e. The highest BCUT2D eigenvalue weighted by Crippen LogP contribution is 2.28. The predicted molar refractivity (Wildman–Crippen MR) is 62.8 cm³/mol. The minimum Gasteiger partial charge on any atom is -0.384 e. The quantitative estimate of drug-likeness (QED) is 0.832. The molecule has 0 saturated carbocycles. The molecule has 0 fully saturated rings. The van der Waals surface area contributed by atoms with Crippen molar-refractivity contribution in [2.24, 2.45) is 7.05 Å². The molecule has 84 valence electrons. The van der Waals surface area contributed by atoms with Gasteiger partial charge in [0.05, 0.1) is 10.7 Å². The summed E-state index contributed by atoms with van der Waals surface area (Å²) >= 11 is 5.62. The lowest BCUT2D eigenvalue weighted by Gasteiger charge is -2.00. The van der Waals surface area contributed by atoms with Crippen LogP contribution in [0, 0.1) is 12.7 Å². The molecule has 1 aromatic heterocycles. The molecular formula is C11H11ClFN3. The molecule has 0 aliphatic carbocycles. The highest BCUT2D eigenvalue weighted by atomic mass is 35.5. The predicted octanol–water partition coefficient (Wildman–Crippen LogP) is 2.77. The number of rotatable bonds is 1. The molecule has 5 heteroatoms. The molecular weight excluding hydrogens is 229 g/mol. The molecule has 0 radical (unpaired) electrons. The van der Waals surface area contributed by atoms with Crippen molar-refractivity contribution in [3.05, 3.63) is 34.6 Å². The average Bonchev–Trinajstić information content (AvgIpc) is 2.50. The fourth-order valence-electron chi connectivity index (χ4n) is 1.56. The number of nitrogens with zero attached hydrogens (tertiary/aromatic N) is 2. The van der Waals surface area contributed by atoms with Crippen LogP contribution in [-0.4, -0.2) is 9.78 Å². The van der Waals surface area contributed by atoms with Crippen molar-refractivity contribution < 1.29 is 4.39 Å². The third kappa shape index (κ3) is 1.65. The first-order valence-electron chi connectivity index (χ1n) is 4.75. The maximum atomic E-state index is 13.3. The molecule has 2 aromatic rings. The van der Waals surface area contributed by atoms with Crippen molar-refractivity contribution in [3.8, 4) is 11.3 Å². The number of nitrogens with two attached hydrogens (primary N) is 1. The highest BCUT2D eigenvalue weighted by molar-refractivity contribution is 6.30. The van der Waals surface area contributed by atoms with Crippen LogP contribution in [-0.2, 0) is 7.05 Å². The van der Waals surface area contributed by atoms with Gasteiger partial charge in [0.15, 0.2) is 0 Å². The molecule has 0 saturated heterocycles. The van der Waals surface area contributed by atoms with E-state index < -0.39 is 5.82 Å². The normalized spacial score (nSPS) is 10.8. The van der Waals surface area contributed by atoms with Gasteiger partial charge in [-0.1, -0.05) is 17.7 Å². The molecule has 1 aromatic carbocycles. The van der Waals surface area contributed by atoms with Gasteiger partial charge in [0.25, 0.3) is 0 Å². The van der Waals surface area contributed by atoms with E-state index >= 15 is 0 Å². The Balaban J connectivity index is 2.59. The zero-order chi connectivity index (χ0) is 11.9. The molecule has 0 aliphatic rings. The number of anilines is 1. The van der Waals surface area contributed by atoms with Crippen LogP contribution < -0.4 is 5.73 Å². The van der Waals surface area contributed by atoms with Gasteiger partial charge in [0.1, 0.15) is 11.6 Å². The molecule has 0 bridgehead atoms. The Labute approximate surface area is 97.6 Å². The summed E-state index contributed by atoms with van der Waals surface area (Å²) in [4.78, 5) is 0. The van der Waals surface area contributed by atoms with Gasteiger partial charge < -0.3 is 5.73 Å². The Hall–Kier alpha value is -1.55. The van der Waals surface area contributed by atoms with E-state index in [2.05, 4.69) is 5.10 Å². The zero-order valence-electron chi connectivity index (χ0n) is 8.96. The van der Waals surface area contributed by atoms with Crippen LogP contribution in [0.25, 0.3) is 11.3 Å². The second kappa shape index (κ2) is 3.79. The lowest BCUT2D eigenvalue weighted by molar-refractivity contribution is 0.628. The van der Waals surface area contributed by atoms with Gasteiger partial charge >= 0.3 is 0 Å². The van der Waals surface area contributed by atoms with E-state index in [1.165, 1.54) is 12.1 Å². The molecule has 1 heterocycles. The van der Waals surface area contributed by atoms with E-state index in [4.69, 9.17) is 17.3 Å². The lowest BCUT2D eigenvalue weighted by atomic mass is 10.1. The second-order valence-corrected chi connectivity index (χ2v) is 4.02. The minimum absolute atomic E-state index is 0.102. The Morgan fingerprint density at radius 2 is 2.12 bits per heavy atom. The molecule has 16 heavy (non-hydrogen) atoms. The Kier molecular flexibility index (Phi) is 2.59. The van der Waals surface area contributed by atoms with E-state index in [0.29, 0.717) is 17.1 Å². The number of nitrogen functional groups attached to an aromatic ring is 1. The Morgan fingerprint density at radius 3 is 2.62 bits per heavy atom. The monoisotopic (exact) mass is 239 g/mol. The SMILES string of the molecule is Cc1c(-c2ccc(Cl)c(F)c2)nn(C)c1N. The third-order valence-corrected chi connectivity index (χ3v) is 2.84. The van der Waals surface area contributed by atoms with Crippen LogP contribution in [0.15, 0.2) is 18.2 Å². The molecule has 0 amide bonds. The van der Waals surface area contributed by atoms with Gasteiger partial charge in [-0.2, -0.15) is 5.10 Å². The van der Waals surface area contributed by atoms with Crippen molar-refractivity contribution in [1.29, 1.82) is 0 Å². The van der Waals surface area contributed by atoms with Crippen LogP contribution >= 0.6 is 11.6 Å². The third-order valence-electron chi connectivity index (χ3n) is 2.53. The summed E-state index contributed by atoms with van der Waals surface area (Å²) in [5, 5.41) is 4.33. The molecule has 0 aliphatic heterocycles. The molecule has 2 rings (SSSR count). The number of benzene rings is 1. The van der Waals surface area contributed by atoms with Gasteiger partial charge in [0.2, 0.25) is 0 Å². The van der Waals surface area contributed by atoms with Crippen LogP contribution in [0.2, 0.25) is 5.02 Å². The van der Waals surface area contributed by atoms with Gasteiger partial charge in [-0.15, -0.1) is 0 Å². The summed E-state index contributed by atoms with van der Waals surface area (Å²) in [6.07, 6.45) is 0. The van der Waals surface area contributed by atoms with Crippen molar-refractivity contribution in [2.45, 2.75) is 6.92 Å². The molecule has 3 nitrogen and oxygen atoms in total. The van der Waals surface area contributed by atoms with Gasteiger partial charge in [-0.3, -0.25) is 4.68 Å². The first kappa shape index (κ1) is 11.0. The van der Waals surface area contributed by atoms with Crippen LogP contribution in [0.3, 0.4) is 0 Å². The second-order valence-electron chi connectivity index (χ2n) is 3.61. The minimum atomic E-state index is -0.456. The summed E-state index contributed by atoms with van der Waals surface area (Å²) < 4.78 is 14.9. The van der Waals surface area contributed by atoms with Crippen LogP contribution in [0.1, 0.15) is 5.56 Å². The van der Waals surface area contributed by atoms with E-state index in [1.54, 1.807) is 17.8 Å². The number of hydrogen-bond acceptors (Lipinski definition) is 2. The fourth-order valence-corrected chi connectivity index (χ4v) is 1.68. The zero-order valence-corrected chi connectivity index (χ0v) is 9.72. The fraction of sp³-hybridized carbons (Fsp3) is 0.182. The van der Waals surface area contributed by atoms with Crippen molar-refractivity contribution in [3.63, 3.8) is 0 Å². The summed E-state index contributed by atoms with van der Waals surface area (Å²) in [7, 11) is 1.75. The lowest BCUT2D eigenvalue weighted by Crippen LogP contribution is -1.97. The van der Waals surface area contributed by atoms with E-state index in [9.17, 15) is 4.39 Å². The van der Waals surface area contributed by atoms with E-state index in [-0.39, 0.29) is 5.02 Å². The summed E-state index contributed by atoms with van der Waals surface area (Å²) in [6, 6.07) is 4.59. The topological polar surface area (TPSA) is 43.8 Å². The first-order chi connectivity index (χ1) is 7.50. The number of aryl methyl sites for hydroxylation is 1. The maximum absolute atomic E-state index is 13.3. The van der Waals surface area contributed by atoms with Crippen LogP contribution in [0.5, 0.6) is 0 Å². The van der Waals surface area contributed by atoms with Crippen LogP contribution in [0.4, 0.5) is 10.2 Å². The molecule has 2 N–H and O–H groups in total. The van der Waals surface area contributed by atoms with Crippen molar-refractivity contribution in [1.82, 2.24) is 9.78 Å². The number of halogens is 2. The molecule has 0 atom stereocenters. The number of aromatic nitrogens is 2. The summed E-state index contributed by atoms with van der Waals surface area (Å²) in [5.41, 5.74) is 7.98. The standard InChI is InChI=1S/C11H11ClFN3/c1-6-10(15-16(2)11(6)14)7-3-4-8(12)9(13)5-7/h3-5H,14H2,1-2H3.